The van der Waals surface area contributed by atoms with Crippen LogP contribution >= 0.6 is 0 Å². The van der Waals surface area contributed by atoms with Crippen LogP contribution in [-0.2, 0) is 21.2 Å². The maximum absolute atomic E-state index is 13.5. The fourth-order valence-electron chi connectivity index (χ4n) is 3.96. The highest BCUT2D eigenvalue weighted by Crippen LogP contribution is 2.31. The molecule has 0 saturated heterocycles. The molecule has 0 spiro atoms. The van der Waals surface area contributed by atoms with E-state index in [1.54, 1.807) is 55.5 Å². The van der Waals surface area contributed by atoms with Crippen molar-refractivity contribution in [1.82, 2.24) is 15.1 Å². The molecule has 0 aliphatic rings. The molecule has 12 nitrogen and oxygen atoms in total. The van der Waals surface area contributed by atoms with Crippen molar-refractivity contribution < 1.29 is 27.2 Å². The van der Waals surface area contributed by atoms with Crippen LogP contribution in [0.1, 0.15) is 11.5 Å². The number of amides is 1. The molecular formula is C28H26N6O6S. The Morgan fingerprint density at radius 1 is 0.854 bits per heavy atom. The average Bonchev–Trinajstić information content (AvgIpc) is 3.37. The van der Waals surface area contributed by atoms with Gasteiger partial charge in [-0.25, -0.2) is 18.4 Å². The number of fused-ring (bicyclic) bond motifs is 1. The number of hydrogen-bond acceptors (Lipinski definition) is 10. The number of anilines is 4. The van der Waals surface area contributed by atoms with Crippen molar-refractivity contribution in [2.24, 2.45) is 0 Å². The average molecular weight is 575 g/mol. The van der Waals surface area contributed by atoms with Gasteiger partial charge in [-0.2, -0.15) is 0 Å². The van der Waals surface area contributed by atoms with E-state index in [0.717, 1.165) is 0 Å². The van der Waals surface area contributed by atoms with Gasteiger partial charge in [-0.1, -0.05) is 23.4 Å². The number of methoxy groups -OCH3 is 2. The van der Waals surface area contributed by atoms with Gasteiger partial charge in [0.1, 0.15) is 17.3 Å². The second-order valence-electron chi connectivity index (χ2n) is 8.93. The summed E-state index contributed by atoms with van der Waals surface area (Å²) >= 11 is 0. The van der Waals surface area contributed by atoms with Crippen LogP contribution in [0.4, 0.5) is 23.0 Å². The largest absolute Gasteiger partial charge is 0.497 e. The molecule has 1 amide bonds. The van der Waals surface area contributed by atoms with E-state index in [1.165, 1.54) is 32.4 Å². The zero-order chi connectivity index (χ0) is 29.0. The number of hydrogen-bond donors (Lipinski definition) is 3. The van der Waals surface area contributed by atoms with Gasteiger partial charge in [0.15, 0.2) is 11.6 Å². The topological polar surface area (TPSA) is 158 Å². The standard InChI is InChI=1S/C28H26N6O6S/c1-17-11-22(40-33-17)16-26(35)29-18-7-6-8-23(14-18)41(36,37)34-28-27(31-24-9-4-5-10-25(24)32-28)30-19-12-20(38-2)15-21(13-19)39-3/h4-15H,16H2,1-3H3,(H,29,35)(H,30,31)(H,32,34). The number of para-hydroxylation sites is 2. The van der Waals surface area contributed by atoms with E-state index in [9.17, 15) is 13.2 Å². The number of rotatable bonds is 10. The molecule has 0 unspecified atom stereocenters. The van der Waals surface area contributed by atoms with E-state index in [4.69, 9.17) is 14.0 Å². The maximum atomic E-state index is 13.5. The van der Waals surface area contributed by atoms with Crippen LogP contribution in [0.3, 0.4) is 0 Å². The molecule has 5 aromatic rings. The zero-order valence-electron chi connectivity index (χ0n) is 22.3. The molecule has 0 aliphatic heterocycles. The lowest BCUT2D eigenvalue weighted by atomic mass is 10.2. The lowest BCUT2D eigenvalue weighted by Gasteiger charge is -2.15. The molecule has 0 radical (unpaired) electrons. The number of benzene rings is 3. The fourth-order valence-corrected chi connectivity index (χ4v) is 5.02. The monoisotopic (exact) mass is 574 g/mol. The van der Waals surface area contributed by atoms with Gasteiger partial charge in [-0.3, -0.25) is 9.52 Å². The third-order valence-corrected chi connectivity index (χ3v) is 7.19. The third-order valence-electron chi connectivity index (χ3n) is 5.86. The summed E-state index contributed by atoms with van der Waals surface area (Å²) in [5, 5.41) is 9.56. The molecule has 0 atom stereocenters. The van der Waals surface area contributed by atoms with Gasteiger partial charge in [0.25, 0.3) is 10.0 Å². The van der Waals surface area contributed by atoms with Crippen LogP contribution < -0.4 is 24.8 Å². The van der Waals surface area contributed by atoms with Crippen molar-refractivity contribution in [2.75, 3.05) is 29.6 Å². The molecule has 41 heavy (non-hydrogen) atoms. The molecule has 13 heteroatoms. The van der Waals surface area contributed by atoms with Gasteiger partial charge >= 0.3 is 0 Å². The number of nitrogens with zero attached hydrogens (tertiary/aromatic N) is 3. The first kappa shape index (κ1) is 27.4. The lowest BCUT2D eigenvalue weighted by molar-refractivity contribution is -0.115. The summed E-state index contributed by atoms with van der Waals surface area (Å²) in [5.41, 5.74) is 2.53. The van der Waals surface area contributed by atoms with Crippen molar-refractivity contribution in [1.29, 1.82) is 0 Å². The summed E-state index contributed by atoms with van der Waals surface area (Å²) in [6.07, 6.45) is -0.0488. The molecule has 0 saturated carbocycles. The Labute approximate surface area is 235 Å². The summed E-state index contributed by atoms with van der Waals surface area (Å²) in [6.45, 7) is 1.75. The number of carbonyl (C=O) groups is 1. The van der Waals surface area contributed by atoms with E-state index in [0.29, 0.717) is 45.4 Å². The predicted molar refractivity (Wildman–Crippen MR) is 153 cm³/mol. The van der Waals surface area contributed by atoms with Crippen LogP contribution in [0.5, 0.6) is 11.5 Å². The normalized spacial score (nSPS) is 11.2. The smallest absolute Gasteiger partial charge is 0.263 e. The van der Waals surface area contributed by atoms with Gasteiger partial charge in [0.05, 0.1) is 42.3 Å². The number of aromatic nitrogens is 3. The van der Waals surface area contributed by atoms with Gasteiger partial charge in [0.2, 0.25) is 5.91 Å². The Balaban J connectivity index is 1.44. The Morgan fingerprint density at radius 3 is 2.17 bits per heavy atom. The third kappa shape index (κ3) is 6.53. The number of aryl methyl sites for hydroxylation is 1. The van der Waals surface area contributed by atoms with Crippen molar-refractivity contribution in [3.63, 3.8) is 0 Å². The molecule has 0 fully saturated rings. The molecular weight excluding hydrogens is 548 g/mol. The number of ether oxygens (including phenoxy) is 2. The lowest BCUT2D eigenvalue weighted by Crippen LogP contribution is -2.17. The number of sulfonamides is 1. The zero-order valence-corrected chi connectivity index (χ0v) is 23.2. The van der Waals surface area contributed by atoms with Crippen molar-refractivity contribution in [3.8, 4) is 11.5 Å². The van der Waals surface area contributed by atoms with Gasteiger partial charge < -0.3 is 24.6 Å². The second kappa shape index (κ2) is 11.5. The summed E-state index contributed by atoms with van der Waals surface area (Å²) < 4.78 is 45.3. The molecule has 3 N–H and O–H groups in total. The quantitative estimate of drug-likeness (QED) is 0.214. The molecule has 210 valence electrons. The Bertz CT molecular complexity index is 1820. The van der Waals surface area contributed by atoms with Crippen LogP contribution in [0.2, 0.25) is 0 Å². The number of carbonyl (C=O) groups excluding carboxylic acids is 1. The molecule has 0 aliphatic carbocycles. The Kier molecular flexibility index (Phi) is 7.70. The predicted octanol–water partition coefficient (Wildman–Crippen LogP) is 4.67. The van der Waals surface area contributed by atoms with Crippen molar-refractivity contribution in [2.45, 2.75) is 18.2 Å². The summed E-state index contributed by atoms with van der Waals surface area (Å²) in [6, 6.07) is 19.7. The molecule has 2 heterocycles. The van der Waals surface area contributed by atoms with E-state index >= 15 is 0 Å². The van der Waals surface area contributed by atoms with Crippen LogP contribution in [0, 0.1) is 6.92 Å². The molecule has 0 bridgehead atoms. The van der Waals surface area contributed by atoms with Crippen molar-refractivity contribution in [3.05, 3.63) is 84.3 Å². The highest BCUT2D eigenvalue weighted by atomic mass is 32.2. The Hall–Kier alpha value is -5.17. The summed E-state index contributed by atoms with van der Waals surface area (Å²) in [7, 11) is -1.10. The minimum atomic E-state index is -4.16. The molecule has 2 aromatic heterocycles. The molecule has 3 aromatic carbocycles. The van der Waals surface area contributed by atoms with Crippen LogP contribution in [0.25, 0.3) is 11.0 Å². The SMILES string of the molecule is COc1cc(Nc2nc3ccccc3nc2NS(=O)(=O)c2cccc(NC(=O)Cc3cc(C)no3)c2)cc(OC)c1. The first-order chi connectivity index (χ1) is 19.7. The highest BCUT2D eigenvalue weighted by molar-refractivity contribution is 7.92. The summed E-state index contributed by atoms with van der Waals surface area (Å²) in [5.74, 6) is 1.20. The number of nitrogens with one attached hydrogen (secondary N) is 3. The van der Waals surface area contributed by atoms with Crippen LogP contribution in [-0.4, -0.2) is 43.7 Å². The van der Waals surface area contributed by atoms with Gasteiger partial charge in [0, 0.05) is 35.6 Å². The highest BCUT2D eigenvalue weighted by Gasteiger charge is 2.20. The first-order valence-corrected chi connectivity index (χ1v) is 13.8. The van der Waals surface area contributed by atoms with Crippen molar-refractivity contribution >= 4 is 50.0 Å². The van der Waals surface area contributed by atoms with E-state index in [1.807, 2.05) is 6.07 Å². The van der Waals surface area contributed by atoms with E-state index < -0.39 is 10.0 Å². The maximum Gasteiger partial charge on any atom is 0.263 e. The van der Waals surface area contributed by atoms with Crippen LogP contribution in [0.15, 0.2) is 82.2 Å². The van der Waals surface area contributed by atoms with E-state index in [-0.39, 0.29) is 28.9 Å². The fraction of sp³-hybridized carbons (Fsp3) is 0.143. The van der Waals surface area contributed by atoms with E-state index in [2.05, 4.69) is 30.5 Å². The minimum Gasteiger partial charge on any atom is -0.497 e. The second-order valence-corrected chi connectivity index (χ2v) is 10.6. The van der Waals surface area contributed by atoms with Gasteiger partial charge in [-0.15, -0.1) is 0 Å². The van der Waals surface area contributed by atoms with Gasteiger partial charge in [-0.05, 0) is 37.3 Å². The Morgan fingerprint density at radius 2 is 1.54 bits per heavy atom. The first-order valence-electron chi connectivity index (χ1n) is 12.3. The summed E-state index contributed by atoms with van der Waals surface area (Å²) in [4.78, 5) is 21.5. The molecule has 5 rings (SSSR count). The minimum absolute atomic E-state index is 0.0272.